The van der Waals surface area contributed by atoms with Crippen molar-refractivity contribution in [2.45, 2.75) is 25.2 Å². The van der Waals surface area contributed by atoms with Gasteiger partial charge in [0.05, 0.1) is 27.6 Å². The zero-order valence-corrected chi connectivity index (χ0v) is 18.4. The molecule has 2 heterocycles. The molecule has 0 bridgehead atoms. The van der Waals surface area contributed by atoms with E-state index in [4.69, 9.17) is 28.9 Å². The second kappa shape index (κ2) is 7.57. The molecule has 8 heteroatoms. The molecule has 28 heavy (non-hydrogen) atoms. The molecular formula is C20H14BrCl2N3OS. The number of thiophene rings is 1. The molecule has 1 atom stereocenters. The number of benzene rings is 1. The smallest absolute Gasteiger partial charge is 0.161 e. The van der Waals surface area contributed by atoms with Crippen molar-refractivity contribution in [1.29, 1.82) is 5.26 Å². The number of allylic oxidation sites excluding steroid dienone is 3. The summed E-state index contributed by atoms with van der Waals surface area (Å²) in [6.07, 6.45) is 1.91. The molecule has 1 unspecified atom stereocenters. The Morgan fingerprint density at radius 1 is 1.25 bits per heavy atom. The maximum absolute atomic E-state index is 13.0. The zero-order valence-electron chi connectivity index (χ0n) is 14.5. The molecule has 2 aliphatic rings. The number of nitrogens with two attached hydrogens (primary N) is 1. The van der Waals surface area contributed by atoms with Crippen LogP contribution in [0.4, 0.5) is 5.69 Å². The van der Waals surface area contributed by atoms with E-state index in [1.807, 2.05) is 11.4 Å². The van der Waals surface area contributed by atoms with Gasteiger partial charge < -0.3 is 5.73 Å². The molecule has 2 N–H and O–H groups in total. The second-order valence-corrected chi connectivity index (χ2v) is 9.25. The van der Waals surface area contributed by atoms with Crippen LogP contribution in [-0.2, 0) is 4.79 Å². The van der Waals surface area contributed by atoms with Crippen LogP contribution in [0.1, 0.15) is 30.1 Å². The number of halogens is 3. The van der Waals surface area contributed by atoms with Gasteiger partial charge in [0.2, 0.25) is 0 Å². The quantitative estimate of drug-likeness (QED) is 0.545. The van der Waals surface area contributed by atoms with Crippen LogP contribution in [0.15, 0.2) is 56.8 Å². The Balaban J connectivity index is 1.97. The van der Waals surface area contributed by atoms with E-state index < -0.39 is 5.92 Å². The average molecular weight is 495 g/mol. The standard InChI is InChI=1S/C20H14BrCl2N3OS/c21-10-6-17(28-9-10)18-12(8-24)20(25)26(11-4-5-13(22)14(23)7-11)15-2-1-3-16(27)19(15)18/h4-7,9,18H,1-3,25H2. The summed E-state index contributed by atoms with van der Waals surface area (Å²) < 4.78 is 0.917. The van der Waals surface area contributed by atoms with E-state index in [-0.39, 0.29) is 5.78 Å². The highest BCUT2D eigenvalue weighted by Gasteiger charge is 2.40. The van der Waals surface area contributed by atoms with Crippen LogP contribution in [0.2, 0.25) is 10.0 Å². The monoisotopic (exact) mass is 493 g/mol. The lowest BCUT2D eigenvalue weighted by molar-refractivity contribution is -0.116. The van der Waals surface area contributed by atoms with Gasteiger partial charge in [-0.1, -0.05) is 23.2 Å². The van der Waals surface area contributed by atoms with Gasteiger partial charge in [-0.3, -0.25) is 9.69 Å². The molecule has 142 valence electrons. The number of nitriles is 1. The summed E-state index contributed by atoms with van der Waals surface area (Å²) in [7, 11) is 0. The minimum Gasteiger partial charge on any atom is -0.384 e. The van der Waals surface area contributed by atoms with Crippen LogP contribution in [0.3, 0.4) is 0 Å². The van der Waals surface area contributed by atoms with E-state index in [9.17, 15) is 10.1 Å². The molecule has 1 aromatic heterocycles. The van der Waals surface area contributed by atoms with Crippen molar-refractivity contribution < 1.29 is 4.79 Å². The highest BCUT2D eigenvalue weighted by atomic mass is 79.9. The normalized spacial score (nSPS) is 19.7. The summed E-state index contributed by atoms with van der Waals surface area (Å²) in [5.41, 5.74) is 9.04. The molecule has 1 aliphatic carbocycles. The average Bonchev–Trinajstić information content (AvgIpc) is 3.09. The van der Waals surface area contributed by atoms with Crippen molar-refractivity contribution in [3.05, 3.63) is 71.7 Å². The van der Waals surface area contributed by atoms with Crippen LogP contribution < -0.4 is 10.6 Å². The van der Waals surface area contributed by atoms with Gasteiger partial charge in [-0.05, 0) is 53.0 Å². The fourth-order valence-electron chi connectivity index (χ4n) is 3.77. The van der Waals surface area contributed by atoms with E-state index >= 15 is 0 Å². The fraction of sp³-hybridized carbons (Fsp3) is 0.200. The van der Waals surface area contributed by atoms with Crippen molar-refractivity contribution in [3.63, 3.8) is 0 Å². The Morgan fingerprint density at radius 3 is 2.68 bits per heavy atom. The number of nitrogens with zero attached hydrogens (tertiary/aromatic N) is 2. The van der Waals surface area contributed by atoms with Crippen LogP contribution in [0, 0.1) is 11.3 Å². The Hall–Kier alpha value is -1.78. The van der Waals surface area contributed by atoms with Gasteiger partial charge in [0.1, 0.15) is 5.82 Å². The number of hydrogen-bond donors (Lipinski definition) is 1. The first-order chi connectivity index (χ1) is 13.4. The summed E-state index contributed by atoms with van der Waals surface area (Å²) in [5, 5.41) is 12.7. The van der Waals surface area contributed by atoms with Crippen molar-refractivity contribution >= 4 is 61.9 Å². The number of Topliss-reactive ketones (excluding diaryl/α,β-unsaturated/α-hetero) is 1. The summed E-state index contributed by atoms with van der Waals surface area (Å²) in [6.45, 7) is 0. The molecule has 1 aliphatic heterocycles. The fourth-order valence-corrected chi connectivity index (χ4v) is 5.62. The van der Waals surface area contributed by atoms with E-state index in [0.29, 0.717) is 45.5 Å². The van der Waals surface area contributed by atoms with Gasteiger partial charge in [0.15, 0.2) is 5.78 Å². The van der Waals surface area contributed by atoms with E-state index in [2.05, 4.69) is 22.0 Å². The topological polar surface area (TPSA) is 70.1 Å². The molecule has 0 radical (unpaired) electrons. The van der Waals surface area contributed by atoms with E-state index in [1.54, 1.807) is 23.1 Å². The number of ketones is 1. The SMILES string of the molecule is N#CC1=C(N)N(c2ccc(Cl)c(Cl)c2)C2=C(C(=O)CCC2)C1c1cc(Br)cs1. The van der Waals surface area contributed by atoms with Gasteiger partial charge in [-0.25, -0.2) is 0 Å². The minimum absolute atomic E-state index is 0.0566. The van der Waals surface area contributed by atoms with Crippen LogP contribution in [-0.4, -0.2) is 5.78 Å². The molecule has 2 aromatic rings. The van der Waals surface area contributed by atoms with Crippen molar-refractivity contribution in [2.24, 2.45) is 5.73 Å². The number of anilines is 1. The first-order valence-electron chi connectivity index (χ1n) is 8.57. The summed E-state index contributed by atoms with van der Waals surface area (Å²) in [5.74, 6) is -0.0620. The van der Waals surface area contributed by atoms with E-state index in [1.165, 1.54) is 11.3 Å². The lowest BCUT2D eigenvalue weighted by atomic mass is 9.78. The predicted molar refractivity (Wildman–Crippen MR) is 116 cm³/mol. The Kier molecular flexibility index (Phi) is 5.28. The van der Waals surface area contributed by atoms with Gasteiger partial charge in [-0.2, -0.15) is 5.26 Å². The van der Waals surface area contributed by atoms with Gasteiger partial charge >= 0.3 is 0 Å². The summed E-state index contributed by atoms with van der Waals surface area (Å²) in [6, 6.07) is 9.38. The maximum atomic E-state index is 13.0. The highest BCUT2D eigenvalue weighted by Crippen LogP contribution is 2.48. The zero-order chi connectivity index (χ0) is 20.0. The number of carbonyl (C=O) groups is 1. The third kappa shape index (κ3) is 3.17. The van der Waals surface area contributed by atoms with Crippen molar-refractivity contribution in [2.75, 3.05) is 4.90 Å². The Labute approximate surface area is 185 Å². The minimum atomic E-state index is -0.442. The molecule has 1 aromatic carbocycles. The third-order valence-electron chi connectivity index (χ3n) is 4.95. The molecule has 4 rings (SSSR count). The summed E-state index contributed by atoms with van der Waals surface area (Å²) in [4.78, 5) is 15.7. The van der Waals surface area contributed by atoms with Crippen LogP contribution in [0.5, 0.6) is 0 Å². The largest absolute Gasteiger partial charge is 0.384 e. The third-order valence-corrected chi connectivity index (χ3v) is 7.44. The summed E-state index contributed by atoms with van der Waals surface area (Å²) >= 11 is 17.2. The van der Waals surface area contributed by atoms with Gasteiger partial charge in [0.25, 0.3) is 0 Å². The van der Waals surface area contributed by atoms with Gasteiger partial charge in [-0.15, -0.1) is 11.3 Å². The molecule has 4 nitrogen and oxygen atoms in total. The Bertz CT molecular complexity index is 1100. The maximum Gasteiger partial charge on any atom is 0.161 e. The molecule has 0 amide bonds. The van der Waals surface area contributed by atoms with Gasteiger partial charge in [0, 0.05) is 38.1 Å². The molecule has 0 saturated heterocycles. The number of rotatable bonds is 2. The molecule has 0 saturated carbocycles. The molecule has 0 fully saturated rings. The second-order valence-electron chi connectivity index (χ2n) is 6.58. The van der Waals surface area contributed by atoms with Crippen molar-refractivity contribution in [1.82, 2.24) is 0 Å². The number of carbonyl (C=O) groups excluding carboxylic acids is 1. The first-order valence-corrected chi connectivity index (χ1v) is 11.0. The van der Waals surface area contributed by atoms with E-state index in [0.717, 1.165) is 21.5 Å². The predicted octanol–water partition coefficient (Wildman–Crippen LogP) is 6.12. The van der Waals surface area contributed by atoms with Crippen molar-refractivity contribution in [3.8, 4) is 6.07 Å². The first kappa shape index (κ1) is 19.5. The lowest BCUT2D eigenvalue weighted by Gasteiger charge is -2.39. The van der Waals surface area contributed by atoms with Crippen LogP contribution in [0.25, 0.3) is 0 Å². The lowest BCUT2D eigenvalue weighted by Crippen LogP contribution is -2.38. The molecular weight excluding hydrogens is 481 g/mol. The van der Waals surface area contributed by atoms with Crippen LogP contribution >= 0.6 is 50.5 Å². The molecule has 0 spiro atoms. The number of hydrogen-bond acceptors (Lipinski definition) is 5. The highest BCUT2D eigenvalue weighted by molar-refractivity contribution is 9.10. The Morgan fingerprint density at radius 2 is 2.04 bits per heavy atom.